The maximum absolute atomic E-state index is 15.5. The van der Waals surface area contributed by atoms with E-state index in [0.29, 0.717) is 42.5 Å². The number of hydrogen-bond acceptors (Lipinski definition) is 7. The first-order valence-corrected chi connectivity index (χ1v) is 14.1. The van der Waals surface area contributed by atoms with Crippen molar-refractivity contribution < 1.29 is 23.5 Å². The number of benzene rings is 1. The Labute approximate surface area is 237 Å². The largest absolute Gasteiger partial charge is 0.462 e. The molecule has 214 valence electrons. The van der Waals surface area contributed by atoms with E-state index in [1.165, 1.54) is 23.1 Å². The number of ether oxygens (including phenoxy) is 2. The normalized spacial score (nSPS) is 18.6. The van der Waals surface area contributed by atoms with Crippen molar-refractivity contribution in [1.29, 1.82) is 0 Å². The Morgan fingerprint density at radius 2 is 2.00 bits per heavy atom. The van der Waals surface area contributed by atoms with Gasteiger partial charge in [0, 0.05) is 36.5 Å². The van der Waals surface area contributed by atoms with Crippen molar-refractivity contribution >= 4 is 17.5 Å². The van der Waals surface area contributed by atoms with Crippen molar-refractivity contribution in [2.45, 2.75) is 57.9 Å². The maximum Gasteiger partial charge on any atom is 0.341 e. The predicted molar refractivity (Wildman–Crippen MR) is 149 cm³/mol. The molecule has 2 fully saturated rings. The van der Waals surface area contributed by atoms with Gasteiger partial charge in [-0.1, -0.05) is 12.8 Å². The van der Waals surface area contributed by atoms with Gasteiger partial charge in [-0.15, -0.1) is 0 Å². The Morgan fingerprint density at radius 3 is 2.73 bits per heavy atom. The van der Waals surface area contributed by atoms with E-state index < -0.39 is 11.8 Å². The Hall–Kier alpha value is -4.12. The van der Waals surface area contributed by atoms with Crippen LogP contribution in [-0.4, -0.2) is 73.6 Å². The van der Waals surface area contributed by atoms with E-state index in [1.807, 2.05) is 11.0 Å². The summed E-state index contributed by atoms with van der Waals surface area (Å²) in [6.07, 6.45) is 7.06. The average Bonchev–Trinajstić information content (AvgIpc) is 3.55. The second kappa shape index (κ2) is 10.7. The molecule has 5 heterocycles. The number of fused-ring (bicyclic) bond motifs is 1. The van der Waals surface area contributed by atoms with Crippen LogP contribution in [-0.2, 0) is 14.9 Å². The molecule has 0 N–H and O–H groups in total. The van der Waals surface area contributed by atoms with Crippen molar-refractivity contribution in [3.63, 3.8) is 0 Å². The van der Waals surface area contributed by atoms with Crippen LogP contribution in [0.2, 0.25) is 0 Å². The number of aromatic nitrogens is 5. The molecule has 0 spiro atoms. The van der Waals surface area contributed by atoms with Crippen molar-refractivity contribution in [3.05, 3.63) is 65.5 Å². The Morgan fingerprint density at radius 1 is 1.17 bits per heavy atom. The molecule has 0 aliphatic carbocycles. The number of amides is 1. The van der Waals surface area contributed by atoms with Crippen LogP contribution in [0.3, 0.4) is 0 Å². The summed E-state index contributed by atoms with van der Waals surface area (Å²) in [6.45, 7) is 7.84. The highest BCUT2D eigenvalue weighted by Crippen LogP contribution is 2.34. The molecule has 11 heteroatoms. The standard InChI is InChI=1S/C30H33FN6O4/c1-4-41-29(39)20-15-32-36(16-20)21-9-10-22(23(31)12-21)24-14-27-33-25(28(38)35-11-7-5-6-8-19(35)2)13-26(37(27)34-24)30(3)17-40-18-30/h9-10,12-16,19H,4-8,11,17-18H2,1-3H3/t19-/m1/s1. The lowest BCUT2D eigenvalue weighted by molar-refractivity contribution is -0.0531. The fourth-order valence-corrected chi connectivity index (χ4v) is 5.56. The highest BCUT2D eigenvalue weighted by atomic mass is 19.1. The van der Waals surface area contributed by atoms with E-state index in [1.54, 1.807) is 29.6 Å². The fraction of sp³-hybridized carbons (Fsp3) is 0.433. The van der Waals surface area contributed by atoms with Crippen LogP contribution in [0.15, 0.2) is 42.7 Å². The van der Waals surface area contributed by atoms with Gasteiger partial charge in [0.25, 0.3) is 5.91 Å². The van der Waals surface area contributed by atoms with Crippen molar-refractivity contribution in [2.75, 3.05) is 26.4 Å². The van der Waals surface area contributed by atoms with Crippen LogP contribution in [0.1, 0.15) is 73.0 Å². The van der Waals surface area contributed by atoms with Gasteiger partial charge in [0.2, 0.25) is 0 Å². The van der Waals surface area contributed by atoms with Crippen molar-refractivity contribution in [2.24, 2.45) is 0 Å². The lowest BCUT2D eigenvalue weighted by Gasteiger charge is -2.38. The van der Waals surface area contributed by atoms with Gasteiger partial charge >= 0.3 is 5.97 Å². The number of hydrogen-bond donors (Lipinski definition) is 0. The van der Waals surface area contributed by atoms with Crippen molar-refractivity contribution in [3.8, 4) is 16.9 Å². The molecule has 0 radical (unpaired) electrons. The van der Waals surface area contributed by atoms with Crippen LogP contribution < -0.4 is 0 Å². The molecular weight excluding hydrogens is 527 g/mol. The minimum Gasteiger partial charge on any atom is -0.462 e. The molecule has 2 saturated heterocycles. The molecule has 6 rings (SSSR count). The van der Waals surface area contributed by atoms with Gasteiger partial charge in [0.15, 0.2) is 5.65 Å². The fourth-order valence-electron chi connectivity index (χ4n) is 5.56. The Balaban J connectivity index is 1.37. The zero-order valence-corrected chi connectivity index (χ0v) is 23.5. The molecule has 0 bridgehead atoms. The molecule has 3 aromatic heterocycles. The van der Waals surface area contributed by atoms with E-state index in [-0.39, 0.29) is 35.1 Å². The number of nitrogens with zero attached hydrogens (tertiary/aromatic N) is 6. The zero-order chi connectivity index (χ0) is 28.7. The van der Waals surface area contributed by atoms with E-state index in [9.17, 15) is 9.59 Å². The van der Waals surface area contributed by atoms with Crippen molar-refractivity contribution in [1.82, 2.24) is 29.3 Å². The molecule has 41 heavy (non-hydrogen) atoms. The molecule has 2 aliphatic heterocycles. The van der Waals surface area contributed by atoms with Gasteiger partial charge in [-0.2, -0.15) is 10.2 Å². The quantitative estimate of drug-likeness (QED) is 0.318. The molecule has 0 unspecified atom stereocenters. The number of rotatable bonds is 6. The van der Waals surface area contributed by atoms with Gasteiger partial charge in [-0.3, -0.25) is 4.79 Å². The Bertz CT molecular complexity index is 1620. The maximum atomic E-state index is 15.5. The second-order valence-electron chi connectivity index (χ2n) is 11.1. The summed E-state index contributed by atoms with van der Waals surface area (Å²) in [5, 5.41) is 8.91. The van der Waals surface area contributed by atoms with Gasteiger partial charge in [0.05, 0.1) is 54.1 Å². The molecule has 1 amide bonds. The Kier molecular flexibility index (Phi) is 7.06. The molecular formula is C30H33FN6O4. The molecule has 1 aromatic carbocycles. The minimum atomic E-state index is -0.506. The average molecular weight is 561 g/mol. The summed E-state index contributed by atoms with van der Waals surface area (Å²) in [5.74, 6) is -1.09. The third-order valence-corrected chi connectivity index (χ3v) is 8.01. The summed E-state index contributed by atoms with van der Waals surface area (Å²) >= 11 is 0. The summed E-state index contributed by atoms with van der Waals surface area (Å²) in [7, 11) is 0. The molecule has 0 saturated carbocycles. The smallest absolute Gasteiger partial charge is 0.341 e. The van der Waals surface area contributed by atoms with Crippen LogP contribution in [0, 0.1) is 5.82 Å². The topological polar surface area (TPSA) is 104 Å². The molecule has 10 nitrogen and oxygen atoms in total. The minimum absolute atomic E-state index is 0.0910. The van der Waals surface area contributed by atoms with Gasteiger partial charge in [0.1, 0.15) is 11.5 Å². The third-order valence-electron chi connectivity index (χ3n) is 8.01. The summed E-state index contributed by atoms with van der Waals surface area (Å²) in [4.78, 5) is 32.3. The monoisotopic (exact) mass is 560 g/mol. The first kappa shape index (κ1) is 27.1. The van der Waals surface area contributed by atoms with E-state index >= 15 is 4.39 Å². The van der Waals surface area contributed by atoms with Crippen LogP contribution >= 0.6 is 0 Å². The zero-order valence-electron chi connectivity index (χ0n) is 23.5. The van der Waals surface area contributed by atoms with Gasteiger partial charge in [-0.05, 0) is 51.8 Å². The number of halogens is 1. The van der Waals surface area contributed by atoms with Crippen LogP contribution in [0.4, 0.5) is 4.39 Å². The predicted octanol–water partition coefficient (Wildman–Crippen LogP) is 4.59. The molecule has 1 atom stereocenters. The number of carbonyl (C=O) groups is 2. The number of esters is 1. The first-order chi connectivity index (χ1) is 19.8. The second-order valence-corrected chi connectivity index (χ2v) is 11.1. The summed E-state index contributed by atoms with van der Waals surface area (Å²) in [6, 6.07) is 8.34. The van der Waals surface area contributed by atoms with E-state index in [0.717, 1.165) is 31.4 Å². The van der Waals surface area contributed by atoms with Gasteiger partial charge in [-0.25, -0.2) is 23.4 Å². The highest BCUT2D eigenvalue weighted by molar-refractivity contribution is 5.93. The lowest BCUT2D eigenvalue weighted by Crippen LogP contribution is -2.46. The lowest BCUT2D eigenvalue weighted by atomic mass is 9.84. The van der Waals surface area contributed by atoms with E-state index in [4.69, 9.17) is 19.6 Å². The van der Waals surface area contributed by atoms with Crippen LogP contribution in [0.25, 0.3) is 22.6 Å². The highest BCUT2D eigenvalue weighted by Gasteiger charge is 2.39. The van der Waals surface area contributed by atoms with Gasteiger partial charge < -0.3 is 14.4 Å². The number of carbonyl (C=O) groups excluding carboxylic acids is 2. The van der Waals surface area contributed by atoms with E-state index in [2.05, 4.69) is 18.9 Å². The first-order valence-electron chi connectivity index (χ1n) is 14.1. The summed E-state index contributed by atoms with van der Waals surface area (Å²) < 4.78 is 29.2. The van der Waals surface area contributed by atoms with Crippen LogP contribution in [0.5, 0.6) is 0 Å². The SMILES string of the molecule is CCOC(=O)c1cnn(-c2ccc(-c3cc4nc(C(=O)N5CCCCC[C@H]5C)cc(C5(C)COC5)n4n3)c(F)c2)c1. The molecule has 4 aromatic rings. The third kappa shape index (κ3) is 4.99. The summed E-state index contributed by atoms with van der Waals surface area (Å²) in [5.41, 5.74) is 2.72. The number of likely N-dealkylation sites (tertiary alicyclic amines) is 1. The molecule has 2 aliphatic rings.